The SMILES string of the molecule is CC.CCCN(CCO)C(c1ccccc1)(c1ccccc1)c1ccccc1.c1ccc(Cc2ccccc2)cc1. The maximum atomic E-state index is 9.83. The van der Waals surface area contributed by atoms with Crippen molar-refractivity contribution in [1.29, 1.82) is 0 Å². The minimum Gasteiger partial charge on any atom is -0.395 e. The summed E-state index contributed by atoms with van der Waals surface area (Å²) in [5.74, 6) is 0. The number of hydrogen-bond donors (Lipinski definition) is 1. The maximum Gasteiger partial charge on any atom is 0.0973 e. The summed E-state index contributed by atoms with van der Waals surface area (Å²) in [5.41, 5.74) is 5.98. The summed E-state index contributed by atoms with van der Waals surface area (Å²) in [6.45, 7) is 7.84. The van der Waals surface area contributed by atoms with Gasteiger partial charge in [0, 0.05) is 6.54 Å². The van der Waals surface area contributed by atoms with Crippen LogP contribution < -0.4 is 0 Å². The highest BCUT2D eigenvalue weighted by Crippen LogP contribution is 2.42. The molecule has 0 aliphatic heterocycles. The van der Waals surface area contributed by atoms with E-state index in [9.17, 15) is 5.11 Å². The summed E-state index contributed by atoms with van der Waals surface area (Å²) in [7, 11) is 0. The van der Waals surface area contributed by atoms with Gasteiger partial charge in [-0.25, -0.2) is 0 Å². The molecule has 0 amide bonds. The topological polar surface area (TPSA) is 23.5 Å². The largest absolute Gasteiger partial charge is 0.395 e. The van der Waals surface area contributed by atoms with Gasteiger partial charge in [-0.05, 0) is 47.2 Å². The van der Waals surface area contributed by atoms with Crippen molar-refractivity contribution in [1.82, 2.24) is 4.90 Å². The molecular weight excluding hydrogens is 498 g/mol. The normalized spacial score (nSPS) is 10.7. The van der Waals surface area contributed by atoms with E-state index in [4.69, 9.17) is 0 Å². The summed E-state index contributed by atoms with van der Waals surface area (Å²) < 4.78 is 0. The van der Waals surface area contributed by atoms with Crippen LogP contribution in [0.1, 0.15) is 55.0 Å². The Bertz CT molecular complexity index is 1180. The molecule has 0 radical (unpaired) electrons. The Morgan fingerprint density at radius 3 is 1.10 bits per heavy atom. The van der Waals surface area contributed by atoms with Gasteiger partial charge in [-0.3, -0.25) is 4.90 Å². The molecule has 0 saturated carbocycles. The third kappa shape index (κ3) is 8.50. The molecule has 0 aliphatic rings. The first kappa shape index (κ1) is 31.5. The van der Waals surface area contributed by atoms with Crippen LogP contribution in [0.2, 0.25) is 0 Å². The zero-order valence-electron chi connectivity index (χ0n) is 24.9. The molecule has 212 valence electrons. The van der Waals surface area contributed by atoms with E-state index in [-0.39, 0.29) is 6.61 Å². The van der Waals surface area contributed by atoms with Crippen molar-refractivity contribution in [2.24, 2.45) is 0 Å². The van der Waals surface area contributed by atoms with Crippen LogP contribution >= 0.6 is 0 Å². The van der Waals surface area contributed by atoms with Crippen molar-refractivity contribution in [3.8, 4) is 0 Å². The predicted octanol–water partition coefficient (Wildman–Crippen LogP) is 8.99. The first-order valence-electron chi connectivity index (χ1n) is 14.9. The molecule has 0 atom stereocenters. The van der Waals surface area contributed by atoms with Crippen molar-refractivity contribution in [2.75, 3.05) is 19.7 Å². The number of nitrogens with zero attached hydrogens (tertiary/aromatic N) is 1. The van der Waals surface area contributed by atoms with Crippen LogP contribution in [0.4, 0.5) is 0 Å². The Morgan fingerprint density at radius 1 is 0.488 bits per heavy atom. The monoisotopic (exact) mass is 543 g/mol. The number of rotatable bonds is 10. The van der Waals surface area contributed by atoms with Crippen molar-refractivity contribution >= 4 is 0 Å². The first-order valence-corrected chi connectivity index (χ1v) is 14.9. The molecule has 1 N–H and O–H groups in total. The van der Waals surface area contributed by atoms with E-state index >= 15 is 0 Å². The van der Waals surface area contributed by atoms with E-state index in [2.05, 4.69) is 163 Å². The molecule has 0 bridgehead atoms. The van der Waals surface area contributed by atoms with Gasteiger partial charge in [0.2, 0.25) is 0 Å². The van der Waals surface area contributed by atoms with Gasteiger partial charge < -0.3 is 5.11 Å². The van der Waals surface area contributed by atoms with Crippen molar-refractivity contribution in [3.63, 3.8) is 0 Å². The standard InChI is InChI=1S/C24H27NO.C13H12.C2H6/c1-2-18-25(19-20-26)24(21-12-6-3-7-13-21,22-14-8-4-9-15-22)23-16-10-5-11-17-23;1-3-7-12(8-4-1)11-13-9-5-2-6-10-13;1-2/h3-17,26H,2,18-20H2,1H3;1-10H,11H2;1-2H3. The summed E-state index contributed by atoms with van der Waals surface area (Å²) in [6.07, 6.45) is 2.05. The molecule has 0 spiro atoms. The fraction of sp³-hybridized carbons (Fsp3) is 0.231. The molecule has 0 unspecified atom stereocenters. The van der Waals surface area contributed by atoms with Gasteiger partial charge >= 0.3 is 0 Å². The third-order valence-corrected chi connectivity index (χ3v) is 7.01. The van der Waals surface area contributed by atoms with Crippen LogP contribution in [-0.2, 0) is 12.0 Å². The highest BCUT2D eigenvalue weighted by Gasteiger charge is 2.41. The van der Waals surface area contributed by atoms with Gasteiger partial charge in [-0.15, -0.1) is 0 Å². The van der Waals surface area contributed by atoms with Crippen molar-refractivity contribution < 1.29 is 5.11 Å². The number of aliphatic hydroxyl groups excluding tert-OH is 1. The van der Waals surface area contributed by atoms with Gasteiger partial charge in [0.1, 0.15) is 0 Å². The zero-order chi connectivity index (χ0) is 29.2. The lowest BCUT2D eigenvalue weighted by atomic mass is 9.75. The van der Waals surface area contributed by atoms with Gasteiger partial charge in [0.05, 0.1) is 12.1 Å². The smallest absolute Gasteiger partial charge is 0.0973 e. The lowest BCUT2D eigenvalue weighted by Gasteiger charge is -2.45. The first-order chi connectivity index (χ1) is 20.3. The van der Waals surface area contributed by atoms with Crippen molar-refractivity contribution in [3.05, 3.63) is 179 Å². The highest BCUT2D eigenvalue weighted by atomic mass is 16.3. The molecule has 0 saturated heterocycles. The fourth-order valence-electron chi connectivity index (χ4n) is 5.35. The van der Waals surface area contributed by atoms with E-state index in [0.717, 1.165) is 19.4 Å². The van der Waals surface area contributed by atoms with Gasteiger partial charge in [-0.2, -0.15) is 0 Å². The highest BCUT2D eigenvalue weighted by molar-refractivity contribution is 5.49. The molecule has 0 heterocycles. The molecular formula is C39H45NO. The van der Waals surface area contributed by atoms with E-state index in [1.165, 1.54) is 27.8 Å². The Kier molecular flexibility index (Phi) is 13.6. The quantitative estimate of drug-likeness (QED) is 0.178. The van der Waals surface area contributed by atoms with Crippen LogP contribution in [0.5, 0.6) is 0 Å². The summed E-state index contributed by atoms with van der Waals surface area (Å²) in [6, 6.07) is 53.0. The summed E-state index contributed by atoms with van der Waals surface area (Å²) >= 11 is 0. The van der Waals surface area contributed by atoms with E-state index in [1.54, 1.807) is 0 Å². The molecule has 5 rings (SSSR count). The molecule has 2 nitrogen and oxygen atoms in total. The van der Waals surface area contributed by atoms with Crippen LogP contribution in [-0.4, -0.2) is 29.7 Å². The molecule has 5 aromatic carbocycles. The third-order valence-electron chi connectivity index (χ3n) is 7.01. The Balaban J connectivity index is 0.000000257. The average molecular weight is 544 g/mol. The number of aliphatic hydroxyl groups is 1. The van der Waals surface area contributed by atoms with Crippen LogP contribution in [0, 0.1) is 0 Å². The van der Waals surface area contributed by atoms with E-state index in [0.29, 0.717) is 6.54 Å². The lowest BCUT2D eigenvalue weighted by Crippen LogP contribution is -2.49. The minimum atomic E-state index is -0.428. The number of hydrogen-bond acceptors (Lipinski definition) is 2. The Hall–Kier alpha value is -3.98. The Morgan fingerprint density at radius 2 is 0.805 bits per heavy atom. The number of benzene rings is 5. The lowest BCUT2D eigenvalue weighted by molar-refractivity contribution is 0.121. The molecule has 0 fully saturated rings. The van der Waals surface area contributed by atoms with Gasteiger partial charge in [0.25, 0.3) is 0 Å². The summed E-state index contributed by atoms with van der Waals surface area (Å²) in [4.78, 5) is 2.41. The second-order valence-electron chi connectivity index (χ2n) is 9.67. The molecule has 41 heavy (non-hydrogen) atoms. The molecule has 5 aromatic rings. The van der Waals surface area contributed by atoms with Crippen molar-refractivity contribution in [2.45, 2.75) is 39.2 Å². The fourth-order valence-corrected chi connectivity index (χ4v) is 5.35. The molecule has 0 aromatic heterocycles. The molecule has 0 aliphatic carbocycles. The minimum absolute atomic E-state index is 0.133. The van der Waals surface area contributed by atoms with E-state index in [1.807, 2.05) is 13.8 Å². The Labute approximate surface area is 248 Å². The second-order valence-corrected chi connectivity index (χ2v) is 9.67. The van der Waals surface area contributed by atoms with Crippen LogP contribution in [0.15, 0.2) is 152 Å². The summed E-state index contributed by atoms with van der Waals surface area (Å²) in [5, 5.41) is 9.83. The van der Waals surface area contributed by atoms with Gasteiger partial charge in [0.15, 0.2) is 0 Å². The maximum absolute atomic E-state index is 9.83. The molecule has 2 heteroatoms. The van der Waals surface area contributed by atoms with Crippen LogP contribution in [0.25, 0.3) is 0 Å². The van der Waals surface area contributed by atoms with Gasteiger partial charge in [-0.1, -0.05) is 172 Å². The van der Waals surface area contributed by atoms with E-state index < -0.39 is 5.54 Å². The second kappa shape index (κ2) is 17.7. The predicted molar refractivity (Wildman–Crippen MR) is 175 cm³/mol. The van der Waals surface area contributed by atoms with Crippen LogP contribution in [0.3, 0.4) is 0 Å². The zero-order valence-corrected chi connectivity index (χ0v) is 24.9. The average Bonchev–Trinajstić information content (AvgIpc) is 3.06.